The topological polar surface area (TPSA) is 114 Å². The van der Waals surface area contributed by atoms with E-state index in [1.807, 2.05) is 0 Å². The van der Waals surface area contributed by atoms with Crippen molar-refractivity contribution in [2.75, 3.05) is 17.9 Å². The molecule has 0 radical (unpaired) electrons. The first-order valence-electron chi connectivity index (χ1n) is 11.3. The van der Waals surface area contributed by atoms with Crippen molar-refractivity contribution in [3.8, 4) is 5.75 Å². The quantitative estimate of drug-likeness (QED) is 0.544. The molecule has 33 heavy (non-hydrogen) atoms. The Morgan fingerprint density at radius 2 is 1.91 bits per heavy atom. The number of fused-ring (bicyclic) bond motifs is 3. The van der Waals surface area contributed by atoms with Crippen LogP contribution >= 0.6 is 0 Å². The smallest absolute Gasteiger partial charge is 0.261 e. The lowest BCUT2D eigenvalue weighted by Gasteiger charge is -2.37. The van der Waals surface area contributed by atoms with Gasteiger partial charge in [0, 0.05) is 23.7 Å². The minimum atomic E-state index is -3.72. The second-order valence-electron chi connectivity index (χ2n) is 9.03. The molecule has 2 fully saturated rings. The van der Waals surface area contributed by atoms with Crippen molar-refractivity contribution in [1.29, 1.82) is 0 Å². The van der Waals surface area contributed by atoms with Crippen molar-refractivity contribution in [3.05, 3.63) is 54.1 Å². The molecule has 1 aliphatic carbocycles. The van der Waals surface area contributed by atoms with Crippen LogP contribution in [0.2, 0.25) is 0 Å². The molecule has 1 saturated carbocycles. The molecule has 2 aromatic rings. The molecule has 2 aromatic carbocycles. The average molecular weight is 473 g/mol. The number of nitrogens with one attached hydrogen (secondary N) is 2. The van der Waals surface area contributed by atoms with Gasteiger partial charge in [0.1, 0.15) is 18.0 Å². The lowest BCUT2D eigenvalue weighted by molar-refractivity contribution is -0.142. The largest absolute Gasteiger partial charge is 0.487 e. The Kier molecular flexibility index (Phi) is 6.03. The van der Waals surface area contributed by atoms with Crippen LogP contribution in [0.5, 0.6) is 5.75 Å². The Balaban J connectivity index is 1.32. The van der Waals surface area contributed by atoms with Gasteiger partial charge in [-0.1, -0.05) is 18.2 Å². The SMILES string of the molecule is O=C(C[C@H]1C[C@H]2c3cc(NS(=O)(=O)c4ccccc4)ccc3O[C@H]2[C@H](CO)O1)NCC1CC1. The summed E-state index contributed by atoms with van der Waals surface area (Å²) in [5, 5.41) is 12.9. The van der Waals surface area contributed by atoms with Crippen LogP contribution in [0, 0.1) is 5.92 Å². The molecule has 176 valence electrons. The number of benzene rings is 2. The Bertz CT molecular complexity index is 1120. The fourth-order valence-electron chi connectivity index (χ4n) is 4.63. The first-order chi connectivity index (χ1) is 15.9. The Morgan fingerprint density at radius 1 is 1.12 bits per heavy atom. The van der Waals surface area contributed by atoms with E-state index in [2.05, 4.69) is 10.0 Å². The molecular weight excluding hydrogens is 444 g/mol. The Morgan fingerprint density at radius 3 is 2.64 bits per heavy atom. The number of anilines is 1. The molecule has 2 aliphatic heterocycles. The zero-order valence-corrected chi connectivity index (χ0v) is 19.0. The van der Waals surface area contributed by atoms with Gasteiger partial charge in [-0.2, -0.15) is 0 Å². The fraction of sp³-hybridized carbons (Fsp3) is 0.458. The van der Waals surface area contributed by atoms with E-state index >= 15 is 0 Å². The average Bonchev–Trinajstić information content (AvgIpc) is 3.58. The van der Waals surface area contributed by atoms with Crippen LogP contribution in [-0.4, -0.2) is 50.9 Å². The number of ether oxygens (including phenoxy) is 2. The van der Waals surface area contributed by atoms with Crippen molar-refractivity contribution in [2.24, 2.45) is 5.92 Å². The van der Waals surface area contributed by atoms with Gasteiger partial charge in [0.25, 0.3) is 10.0 Å². The number of aliphatic hydroxyl groups excluding tert-OH is 1. The molecule has 0 bridgehead atoms. The van der Waals surface area contributed by atoms with E-state index in [9.17, 15) is 18.3 Å². The second-order valence-corrected chi connectivity index (χ2v) is 10.7. The summed E-state index contributed by atoms with van der Waals surface area (Å²) in [6, 6.07) is 13.4. The highest BCUT2D eigenvalue weighted by molar-refractivity contribution is 7.92. The summed E-state index contributed by atoms with van der Waals surface area (Å²) in [5.74, 6) is 1.09. The van der Waals surface area contributed by atoms with E-state index in [0.717, 1.165) is 5.56 Å². The number of amides is 1. The lowest BCUT2D eigenvalue weighted by atomic mass is 9.84. The van der Waals surface area contributed by atoms with E-state index in [0.29, 0.717) is 30.3 Å². The van der Waals surface area contributed by atoms with Gasteiger partial charge in [0.15, 0.2) is 0 Å². The van der Waals surface area contributed by atoms with Crippen molar-refractivity contribution in [2.45, 2.75) is 54.8 Å². The molecule has 3 aliphatic rings. The maximum atomic E-state index is 12.7. The summed E-state index contributed by atoms with van der Waals surface area (Å²) in [5.41, 5.74) is 1.30. The van der Waals surface area contributed by atoms with E-state index in [-0.39, 0.29) is 42.0 Å². The van der Waals surface area contributed by atoms with E-state index in [1.54, 1.807) is 36.4 Å². The van der Waals surface area contributed by atoms with Crippen LogP contribution in [0.4, 0.5) is 5.69 Å². The van der Waals surface area contributed by atoms with Gasteiger partial charge in [-0.3, -0.25) is 9.52 Å². The Labute approximate surface area is 193 Å². The zero-order valence-electron chi connectivity index (χ0n) is 18.1. The van der Waals surface area contributed by atoms with Crippen molar-refractivity contribution >= 4 is 21.6 Å². The van der Waals surface area contributed by atoms with Crippen molar-refractivity contribution in [1.82, 2.24) is 5.32 Å². The van der Waals surface area contributed by atoms with Crippen LogP contribution in [0.3, 0.4) is 0 Å². The third-order valence-electron chi connectivity index (χ3n) is 6.50. The first kappa shape index (κ1) is 22.2. The summed E-state index contributed by atoms with van der Waals surface area (Å²) in [6.07, 6.45) is 1.84. The van der Waals surface area contributed by atoms with Crippen molar-refractivity contribution < 1.29 is 27.8 Å². The summed E-state index contributed by atoms with van der Waals surface area (Å²) in [4.78, 5) is 12.5. The standard InChI is InChI=1S/C24H28N2O6S/c27-14-22-24-20(11-17(31-22)12-23(28)25-13-15-6-7-15)19-10-16(8-9-21(19)32-24)26-33(29,30)18-4-2-1-3-5-18/h1-5,8-10,15,17,20,22,24,26-27H,6-7,11-14H2,(H,25,28)/t17-,20+,22+,24-/m1/s1. The van der Waals surface area contributed by atoms with Gasteiger partial charge in [-0.25, -0.2) is 8.42 Å². The maximum absolute atomic E-state index is 12.7. The van der Waals surface area contributed by atoms with Crippen LogP contribution < -0.4 is 14.8 Å². The molecule has 5 rings (SSSR count). The fourth-order valence-corrected chi connectivity index (χ4v) is 5.70. The molecule has 0 spiro atoms. The van der Waals surface area contributed by atoms with Crippen LogP contribution in [0.25, 0.3) is 0 Å². The number of rotatable bonds is 8. The van der Waals surface area contributed by atoms with E-state index in [1.165, 1.54) is 25.0 Å². The molecule has 3 N–H and O–H groups in total. The van der Waals surface area contributed by atoms with Crippen LogP contribution in [-0.2, 0) is 19.6 Å². The van der Waals surface area contributed by atoms with Gasteiger partial charge >= 0.3 is 0 Å². The van der Waals surface area contributed by atoms with E-state index < -0.39 is 16.1 Å². The highest BCUT2D eigenvalue weighted by atomic mass is 32.2. The number of aliphatic hydroxyl groups is 1. The number of sulfonamides is 1. The summed E-state index contributed by atoms with van der Waals surface area (Å²) in [6.45, 7) is 0.487. The minimum Gasteiger partial charge on any atom is -0.487 e. The van der Waals surface area contributed by atoms with Crippen LogP contribution in [0.1, 0.15) is 37.2 Å². The van der Waals surface area contributed by atoms with Crippen LogP contribution in [0.15, 0.2) is 53.4 Å². The van der Waals surface area contributed by atoms with Gasteiger partial charge in [0.05, 0.1) is 24.0 Å². The summed E-state index contributed by atoms with van der Waals surface area (Å²) >= 11 is 0. The maximum Gasteiger partial charge on any atom is 0.261 e. The summed E-state index contributed by atoms with van der Waals surface area (Å²) < 4.78 is 40.2. The predicted octanol–water partition coefficient (Wildman–Crippen LogP) is 2.40. The first-order valence-corrected chi connectivity index (χ1v) is 12.8. The second kappa shape index (κ2) is 8.96. The molecular formula is C24H28N2O6S. The summed E-state index contributed by atoms with van der Waals surface area (Å²) in [7, 11) is -3.72. The molecule has 0 aromatic heterocycles. The number of hydrogen-bond donors (Lipinski definition) is 3. The van der Waals surface area contributed by atoms with Gasteiger partial charge in [-0.15, -0.1) is 0 Å². The molecule has 2 heterocycles. The third kappa shape index (κ3) is 4.85. The van der Waals surface area contributed by atoms with Gasteiger partial charge in [0.2, 0.25) is 5.91 Å². The molecule has 8 nitrogen and oxygen atoms in total. The number of carbonyl (C=O) groups excluding carboxylic acids is 1. The Hall–Kier alpha value is -2.62. The number of carbonyl (C=O) groups is 1. The number of hydrogen-bond acceptors (Lipinski definition) is 6. The van der Waals surface area contributed by atoms with Crippen molar-refractivity contribution in [3.63, 3.8) is 0 Å². The zero-order chi connectivity index (χ0) is 23.0. The van der Waals surface area contributed by atoms with Gasteiger partial charge < -0.3 is 19.9 Å². The molecule has 1 saturated heterocycles. The molecule has 4 atom stereocenters. The highest BCUT2D eigenvalue weighted by Gasteiger charge is 2.46. The molecule has 9 heteroatoms. The highest BCUT2D eigenvalue weighted by Crippen LogP contribution is 2.47. The monoisotopic (exact) mass is 472 g/mol. The van der Waals surface area contributed by atoms with E-state index in [4.69, 9.17) is 9.47 Å². The normalized spacial score (nSPS) is 26.1. The van der Waals surface area contributed by atoms with Gasteiger partial charge in [-0.05, 0) is 55.5 Å². The minimum absolute atomic E-state index is 0.0504. The molecule has 1 amide bonds. The molecule has 0 unspecified atom stereocenters. The predicted molar refractivity (Wildman–Crippen MR) is 122 cm³/mol. The lowest BCUT2D eigenvalue weighted by Crippen LogP contribution is -2.47. The third-order valence-corrected chi connectivity index (χ3v) is 7.90.